The van der Waals surface area contributed by atoms with E-state index < -0.39 is 44.4 Å². The monoisotopic (exact) mass is 1490 g/mol. The van der Waals surface area contributed by atoms with Gasteiger partial charge in [0.25, 0.3) is 0 Å². The number of rotatable bonds is 69. The lowest BCUT2D eigenvalue weighted by Crippen LogP contribution is -2.43. The fourth-order valence-corrected chi connectivity index (χ4v) is 20.7. The highest BCUT2D eigenvalue weighted by Gasteiger charge is 2.59. The average molecular weight is 1490 g/mol. The number of amides is 3. The molecule has 3 amide bonds. The van der Waals surface area contributed by atoms with Crippen LogP contribution in [-0.4, -0.2) is 113 Å². The van der Waals surface area contributed by atoms with Gasteiger partial charge in [-0.2, -0.15) is 0 Å². The molecule has 0 radical (unpaired) electrons. The van der Waals surface area contributed by atoms with E-state index in [1.54, 1.807) is 0 Å². The molecule has 3 N–H and O–H groups in total. The molecular formula is C87H162N3O13P. The van der Waals surface area contributed by atoms with E-state index in [-0.39, 0.29) is 92.0 Å². The third-order valence-electron chi connectivity index (χ3n) is 24.9. The minimum absolute atomic E-state index is 0.125. The van der Waals surface area contributed by atoms with Crippen molar-refractivity contribution in [1.29, 1.82) is 0 Å². The van der Waals surface area contributed by atoms with Crippen LogP contribution in [0.5, 0.6) is 0 Å². The van der Waals surface area contributed by atoms with Crippen molar-refractivity contribution < 1.29 is 60.9 Å². The smallest absolute Gasteiger partial charge is 0.449 e. The number of carbonyl (C=O) groups excluding carboxylic acids is 3. The second kappa shape index (κ2) is 56.9. The molecule has 104 heavy (non-hydrogen) atoms. The molecule has 0 spiro atoms. The highest BCUT2D eigenvalue weighted by Crippen LogP contribution is 2.61. The van der Waals surface area contributed by atoms with Crippen molar-refractivity contribution in [2.24, 2.45) is 35.5 Å². The maximum absolute atomic E-state index is 16.5. The Hall–Kier alpha value is -2.20. The van der Waals surface area contributed by atoms with Gasteiger partial charge in [0.1, 0.15) is 0 Å². The largest absolute Gasteiger partial charge is 0.475 e. The fourth-order valence-electron chi connectivity index (χ4n) is 18.7. The maximum atomic E-state index is 16.5. The summed E-state index contributed by atoms with van der Waals surface area (Å²) in [6.45, 7) is 15.2. The highest BCUT2D eigenvalue weighted by molar-refractivity contribution is 7.48. The van der Waals surface area contributed by atoms with Crippen LogP contribution in [0.3, 0.4) is 0 Å². The molecule has 608 valence electrons. The van der Waals surface area contributed by atoms with Crippen molar-refractivity contribution in [2.45, 2.75) is 462 Å². The van der Waals surface area contributed by atoms with Gasteiger partial charge in [0, 0.05) is 55.1 Å². The van der Waals surface area contributed by atoms with E-state index >= 15 is 4.57 Å². The summed E-state index contributed by atoms with van der Waals surface area (Å²) in [6.07, 6.45) is 64.9. The third kappa shape index (κ3) is 35.4. The average Bonchev–Trinajstić information content (AvgIpc) is 1.62. The van der Waals surface area contributed by atoms with Crippen LogP contribution >= 0.6 is 7.82 Å². The molecular weight excluding hydrogens is 1330 g/mol. The predicted octanol–water partition coefficient (Wildman–Crippen LogP) is 24.8. The Kier molecular flexibility index (Phi) is 49.6. The summed E-state index contributed by atoms with van der Waals surface area (Å²) in [4.78, 5) is 40.1. The van der Waals surface area contributed by atoms with Gasteiger partial charge in [0.15, 0.2) is 0 Å². The molecule has 6 aliphatic heterocycles. The summed E-state index contributed by atoms with van der Waals surface area (Å²) in [5.41, 5.74) is 0. The number of phosphoric acid groups is 1. The van der Waals surface area contributed by atoms with Gasteiger partial charge in [-0.15, -0.1) is 0 Å². The minimum Gasteiger partial charge on any atom is -0.449 e. The molecule has 6 bridgehead atoms. The number of unbranched alkanes of at least 4 members (excludes halogenated alkanes) is 45. The van der Waals surface area contributed by atoms with Gasteiger partial charge in [0.2, 0.25) is 0 Å². The van der Waals surface area contributed by atoms with Crippen molar-refractivity contribution in [1.82, 2.24) is 16.0 Å². The first-order chi connectivity index (χ1) is 51.1. The van der Waals surface area contributed by atoms with Crippen LogP contribution in [-0.2, 0) is 46.6 Å². The molecule has 15 unspecified atom stereocenters. The van der Waals surface area contributed by atoms with Crippen molar-refractivity contribution >= 4 is 26.1 Å². The van der Waals surface area contributed by atoms with Crippen LogP contribution in [0.2, 0.25) is 0 Å². The summed E-state index contributed by atoms with van der Waals surface area (Å²) >= 11 is 0. The van der Waals surface area contributed by atoms with E-state index in [0.29, 0.717) is 38.9 Å². The van der Waals surface area contributed by atoms with Crippen molar-refractivity contribution in [3.8, 4) is 0 Å². The number of phosphoric ester groups is 1. The summed E-state index contributed by atoms with van der Waals surface area (Å²) in [5, 5.41) is 9.08. The third-order valence-corrected chi connectivity index (χ3v) is 26.5. The summed E-state index contributed by atoms with van der Waals surface area (Å²) in [6, 6.07) is 0. The normalized spacial score (nSPS) is 25.2. The van der Waals surface area contributed by atoms with E-state index in [2.05, 4.69) is 36.7 Å². The van der Waals surface area contributed by atoms with Crippen LogP contribution in [0.25, 0.3) is 0 Å². The van der Waals surface area contributed by atoms with E-state index in [1.807, 2.05) is 20.8 Å². The second-order valence-corrected chi connectivity index (χ2v) is 34.7. The maximum Gasteiger partial charge on any atom is 0.475 e. The quantitative estimate of drug-likeness (QED) is 0.0297. The van der Waals surface area contributed by atoms with Gasteiger partial charge in [-0.05, 0) is 77.0 Å². The van der Waals surface area contributed by atoms with Gasteiger partial charge >= 0.3 is 26.1 Å². The number of hydrogen-bond donors (Lipinski definition) is 3. The lowest BCUT2D eigenvalue weighted by molar-refractivity contribution is -0.0491. The van der Waals surface area contributed by atoms with Gasteiger partial charge in [-0.25, -0.2) is 18.9 Å². The molecule has 0 saturated carbocycles. The molecule has 0 aromatic rings. The molecule has 6 heterocycles. The fraction of sp³-hybridized carbons (Fsp3) is 0.966. The SMILES string of the molecule is CCCCCCCCCCCCCCCCCCNC(=O)OCC1C2CCC(O2)C1C(CC)OP(=O)(OC(CC)C1C2CCC(O2)C1COC(=O)NCCCCCCCCCCCCCCCCCC)OC(CC)C1C2CCC(O2)C1COC(=O)NCCCCCCCCCCCCCCCCCC. The van der Waals surface area contributed by atoms with Crippen molar-refractivity contribution in [2.75, 3.05) is 39.5 Å². The Labute approximate surface area is 637 Å². The number of hydrogen-bond acceptors (Lipinski definition) is 13. The molecule has 0 aliphatic carbocycles. The van der Waals surface area contributed by atoms with Crippen molar-refractivity contribution in [3.05, 3.63) is 0 Å². The molecule has 17 heteroatoms. The Morgan fingerprint density at radius 1 is 0.288 bits per heavy atom. The zero-order chi connectivity index (χ0) is 73.9. The Balaban J connectivity index is 0.999. The number of fused-ring (bicyclic) bond motifs is 6. The molecule has 15 atom stereocenters. The van der Waals surface area contributed by atoms with Crippen LogP contribution in [0.1, 0.15) is 408 Å². The number of alkyl carbamates (subject to hydrolysis) is 3. The van der Waals surface area contributed by atoms with Crippen LogP contribution < -0.4 is 16.0 Å². The highest BCUT2D eigenvalue weighted by atomic mass is 31.2. The minimum atomic E-state index is -4.51. The molecule has 6 fully saturated rings. The van der Waals surface area contributed by atoms with Crippen LogP contribution in [0, 0.1) is 35.5 Å². The molecule has 0 aromatic heterocycles. The second-order valence-electron chi connectivity index (χ2n) is 33.2. The first-order valence-corrected chi connectivity index (χ1v) is 46.9. The van der Waals surface area contributed by atoms with Gasteiger partial charge in [0.05, 0.1) is 74.8 Å². The Morgan fingerprint density at radius 2 is 0.471 bits per heavy atom. The van der Waals surface area contributed by atoms with E-state index in [9.17, 15) is 14.4 Å². The summed E-state index contributed by atoms with van der Waals surface area (Å²) in [7, 11) is -4.51. The molecule has 6 rings (SSSR count). The zero-order valence-electron chi connectivity index (χ0n) is 68.0. The molecule has 6 aliphatic rings. The van der Waals surface area contributed by atoms with Crippen molar-refractivity contribution in [3.63, 3.8) is 0 Å². The Morgan fingerprint density at radius 3 is 0.663 bits per heavy atom. The molecule has 6 saturated heterocycles. The van der Waals surface area contributed by atoms with Gasteiger partial charge in [-0.1, -0.05) is 330 Å². The van der Waals surface area contributed by atoms with Gasteiger partial charge in [-0.3, -0.25) is 13.6 Å². The number of nitrogens with one attached hydrogen (secondary N) is 3. The first kappa shape index (κ1) is 90.7. The lowest BCUT2D eigenvalue weighted by atomic mass is 9.76. The number of carbonyl (C=O) groups is 3. The molecule has 0 aromatic carbocycles. The zero-order valence-corrected chi connectivity index (χ0v) is 68.9. The summed E-state index contributed by atoms with van der Waals surface area (Å²) < 4.78 is 75.8. The van der Waals surface area contributed by atoms with E-state index in [1.165, 1.54) is 270 Å². The standard InChI is InChI=1S/C87H162N3O13P/c1-7-13-16-19-22-25-28-31-34-37-40-43-46-49-52-55-64-88-85(91)95-67-70-76-58-61-79(98-76)82(70)73(10-4)101-104(94,102-74(11-5)83-71(77-59-62-80(83)99-77)68-96-86(92)89-65-56-53-50-47-44-41-38-35-32-29-26-23-20-17-14-8-2)103-75(12-6)84-72(78-60-63-81(84)100-78)69-97-87(93)90-66-57-54-51-48-45-42-39-36-33-30-27-24-21-18-15-9-3/h70-84H,7-69H2,1-6H3,(H,88,91)(H,89,92)(H,90,93). The van der Waals surface area contributed by atoms with Crippen LogP contribution in [0.15, 0.2) is 0 Å². The summed E-state index contributed by atoms with van der Waals surface area (Å²) in [5.74, 6) is -1.23. The molecule has 16 nitrogen and oxygen atoms in total. The van der Waals surface area contributed by atoms with E-state index in [0.717, 1.165) is 77.0 Å². The first-order valence-electron chi connectivity index (χ1n) is 45.4. The predicted molar refractivity (Wildman–Crippen MR) is 424 cm³/mol. The van der Waals surface area contributed by atoms with E-state index in [4.69, 9.17) is 42.0 Å². The topological polar surface area (TPSA) is 187 Å². The van der Waals surface area contributed by atoms with Crippen LogP contribution in [0.4, 0.5) is 14.4 Å². The lowest BCUT2D eigenvalue weighted by Gasteiger charge is -2.40. The van der Waals surface area contributed by atoms with Gasteiger partial charge < -0.3 is 44.4 Å². The Bertz CT molecular complexity index is 1970. The number of ether oxygens (including phenoxy) is 6.